The van der Waals surface area contributed by atoms with Gasteiger partial charge in [-0.15, -0.1) is 0 Å². The highest BCUT2D eigenvalue weighted by molar-refractivity contribution is 8.02. The molecule has 0 aliphatic rings. The fourth-order valence-electron chi connectivity index (χ4n) is 1.44. The maximum absolute atomic E-state index is 2.19. The summed E-state index contributed by atoms with van der Waals surface area (Å²) in [5, 5.41) is 2.13. The quantitative estimate of drug-likeness (QED) is 0.680. The van der Waals surface area contributed by atoms with Crippen molar-refractivity contribution in [2.75, 3.05) is 0 Å². The standard InChI is InChI=1S/C15H14S/c1-13-6-5-9-15(12-13)16-11-10-14-7-3-2-4-8-14/h2-12H,1H3/b11-10-. The fraction of sp³-hybridized carbons (Fsp3) is 0.0667. The van der Waals surface area contributed by atoms with Crippen LogP contribution in [0.25, 0.3) is 6.08 Å². The SMILES string of the molecule is Cc1cccc(S/C=C\c2ccccc2)c1. The number of hydrogen-bond acceptors (Lipinski definition) is 1. The Hall–Kier alpha value is -1.47. The van der Waals surface area contributed by atoms with Gasteiger partial charge >= 0.3 is 0 Å². The highest BCUT2D eigenvalue weighted by Crippen LogP contribution is 2.21. The lowest BCUT2D eigenvalue weighted by Gasteiger charge is -1.97. The van der Waals surface area contributed by atoms with Gasteiger partial charge in [-0.05, 0) is 36.1 Å². The zero-order chi connectivity index (χ0) is 11.2. The Balaban J connectivity index is 2.00. The minimum absolute atomic E-state index is 1.24. The van der Waals surface area contributed by atoms with Gasteiger partial charge in [0, 0.05) is 4.90 Å². The van der Waals surface area contributed by atoms with E-state index in [4.69, 9.17) is 0 Å². The van der Waals surface area contributed by atoms with Crippen LogP contribution in [0, 0.1) is 6.92 Å². The normalized spacial score (nSPS) is 10.8. The molecule has 0 saturated heterocycles. The van der Waals surface area contributed by atoms with Crippen LogP contribution in [0.15, 0.2) is 64.9 Å². The molecule has 0 spiro atoms. The molecule has 1 heteroatoms. The Bertz CT molecular complexity index is 472. The van der Waals surface area contributed by atoms with Crippen molar-refractivity contribution in [3.8, 4) is 0 Å². The predicted molar refractivity (Wildman–Crippen MR) is 72.5 cm³/mol. The first-order chi connectivity index (χ1) is 7.84. The molecule has 0 unspecified atom stereocenters. The van der Waals surface area contributed by atoms with Crippen molar-refractivity contribution in [2.45, 2.75) is 11.8 Å². The fourth-order valence-corrected chi connectivity index (χ4v) is 2.24. The van der Waals surface area contributed by atoms with Crippen LogP contribution in [0.5, 0.6) is 0 Å². The van der Waals surface area contributed by atoms with Gasteiger partial charge in [0.25, 0.3) is 0 Å². The van der Waals surface area contributed by atoms with Crippen molar-refractivity contribution in [1.82, 2.24) is 0 Å². The first-order valence-corrected chi connectivity index (χ1v) is 6.17. The second kappa shape index (κ2) is 5.57. The van der Waals surface area contributed by atoms with Gasteiger partial charge in [0.15, 0.2) is 0 Å². The highest BCUT2D eigenvalue weighted by atomic mass is 32.2. The van der Waals surface area contributed by atoms with Crippen molar-refractivity contribution in [3.63, 3.8) is 0 Å². The molecule has 0 nitrogen and oxygen atoms in total. The molecule has 2 aromatic carbocycles. The Morgan fingerprint density at radius 3 is 2.50 bits per heavy atom. The van der Waals surface area contributed by atoms with E-state index in [1.165, 1.54) is 16.0 Å². The van der Waals surface area contributed by atoms with Crippen LogP contribution in [-0.2, 0) is 0 Å². The van der Waals surface area contributed by atoms with E-state index in [1.54, 1.807) is 11.8 Å². The molecule has 2 aromatic rings. The minimum Gasteiger partial charge on any atom is -0.0980 e. The Morgan fingerprint density at radius 1 is 0.938 bits per heavy atom. The van der Waals surface area contributed by atoms with E-state index < -0.39 is 0 Å². The first-order valence-electron chi connectivity index (χ1n) is 5.29. The van der Waals surface area contributed by atoms with Gasteiger partial charge in [-0.1, -0.05) is 59.8 Å². The number of benzene rings is 2. The molecule has 0 bridgehead atoms. The molecule has 0 aliphatic carbocycles. The molecule has 2 rings (SSSR count). The van der Waals surface area contributed by atoms with E-state index in [0.29, 0.717) is 0 Å². The van der Waals surface area contributed by atoms with Crippen molar-refractivity contribution in [3.05, 3.63) is 71.1 Å². The Kier molecular flexibility index (Phi) is 3.84. The second-order valence-corrected chi connectivity index (χ2v) is 4.63. The maximum Gasteiger partial charge on any atom is 0.0118 e. The molecule has 0 amide bonds. The van der Waals surface area contributed by atoms with Crippen LogP contribution in [0.2, 0.25) is 0 Å². The summed E-state index contributed by atoms with van der Waals surface area (Å²) in [6.07, 6.45) is 2.13. The molecule has 0 saturated carbocycles. The summed E-state index contributed by atoms with van der Waals surface area (Å²) in [5.41, 5.74) is 2.54. The zero-order valence-electron chi connectivity index (χ0n) is 9.26. The molecule has 0 N–H and O–H groups in total. The summed E-state index contributed by atoms with van der Waals surface area (Å²) in [7, 11) is 0. The van der Waals surface area contributed by atoms with Gasteiger partial charge < -0.3 is 0 Å². The molecule has 0 atom stereocenters. The van der Waals surface area contributed by atoms with Crippen molar-refractivity contribution in [1.29, 1.82) is 0 Å². The van der Waals surface area contributed by atoms with Crippen molar-refractivity contribution < 1.29 is 0 Å². The lowest BCUT2D eigenvalue weighted by atomic mass is 10.2. The predicted octanol–water partition coefficient (Wildman–Crippen LogP) is 4.76. The molecule has 0 aliphatic heterocycles. The monoisotopic (exact) mass is 226 g/mol. The second-order valence-electron chi connectivity index (χ2n) is 3.65. The third-order valence-corrected chi connectivity index (χ3v) is 3.05. The van der Waals surface area contributed by atoms with Crippen LogP contribution >= 0.6 is 11.8 Å². The van der Waals surface area contributed by atoms with Gasteiger partial charge in [-0.2, -0.15) is 0 Å². The molecular weight excluding hydrogens is 212 g/mol. The average Bonchev–Trinajstić information content (AvgIpc) is 2.30. The van der Waals surface area contributed by atoms with Gasteiger partial charge in [-0.25, -0.2) is 0 Å². The Labute approximate surface area is 101 Å². The van der Waals surface area contributed by atoms with Gasteiger partial charge in [0.1, 0.15) is 0 Å². The van der Waals surface area contributed by atoms with E-state index in [9.17, 15) is 0 Å². The molecule has 80 valence electrons. The first kappa shape index (κ1) is 11.0. The van der Waals surface area contributed by atoms with Gasteiger partial charge in [0.05, 0.1) is 0 Å². The van der Waals surface area contributed by atoms with Crippen LogP contribution in [0.1, 0.15) is 11.1 Å². The summed E-state index contributed by atoms with van der Waals surface area (Å²) < 4.78 is 0. The van der Waals surface area contributed by atoms with Crippen molar-refractivity contribution in [2.24, 2.45) is 0 Å². The van der Waals surface area contributed by atoms with Gasteiger partial charge in [0.2, 0.25) is 0 Å². The summed E-state index contributed by atoms with van der Waals surface area (Å²) in [5.74, 6) is 0. The topological polar surface area (TPSA) is 0 Å². The lowest BCUT2D eigenvalue weighted by Crippen LogP contribution is -1.72. The number of rotatable bonds is 3. The van der Waals surface area contributed by atoms with E-state index in [2.05, 4.69) is 66.9 Å². The summed E-state index contributed by atoms with van der Waals surface area (Å²) in [4.78, 5) is 1.28. The smallest absolute Gasteiger partial charge is 0.0118 e. The summed E-state index contributed by atoms with van der Waals surface area (Å²) in [6.45, 7) is 2.12. The van der Waals surface area contributed by atoms with E-state index in [0.717, 1.165) is 0 Å². The van der Waals surface area contributed by atoms with Gasteiger partial charge in [-0.3, -0.25) is 0 Å². The largest absolute Gasteiger partial charge is 0.0980 e. The maximum atomic E-state index is 2.19. The van der Waals surface area contributed by atoms with Crippen molar-refractivity contribution >= 4 is 17.8 Å². The summed E-state index contributed by atoms with van der Waals surface area (Å²) in [6, 6.07) is 18.9. The lowest BCUT2D eigenvalue weighted by molar-refractivity contribution is 1.37. The number of hydrogen-bond donors (Lipinski definition) is 0. The average molecular weight is 226 g/mol. The third-order valence-electron chi connectivity index (χ3n) is 2.25. The van der Waals surface area contributed by atoms with Crippen LogP contribution in [-0.4, -0.2) is 0 Å². The van der Waals surface area contributed by atoms with Crippen LogP contribution in [0.4, 0.5) is 0 Å². The number of thioether (sulfide) groups is 1. The summed E-state index contributed by atoms with van der Waals surface area (Å²) >= 11 is 1.75. The number of aryl methyl sites for hydroxylation is 1. The van der Waals surface area contributed by atoms with Crippen LogP contribution in [0.3, 0.4) is 0 Å². The molecule has 16 heavy (non-hydrogen) atoms. The molecule has 0 radical (unpaired) electrons. The zero-order valence-corrected chi connectivity index (χ0v) is 10.1. The van der Waals surface area contributed by atoms with E-state index in [-0.39, 0.29) is 0 Å². The minimum atomic E-state index is 1.24. The molecular formula is C15H14S. The van der Waals surface area contributed by atoms with E-state index >= 15 is 0 Å². The third kappa shape index (κ3) is 3.28. The molecule has 0 heterocycles. The Morgan fingerprint density at radius 2 is 1.75 bits per heavy atom. The van der Waals surface area contributed by atoms with E-state index in [1.807, 2.05) is 6.07 Å². The van der Waals surface area contributed by atoms with Crippen LogP contribution < -0.4 is 0 Å². The highest BCUT2D eigenvalue weighted by Gasteiger charge is 1.90. The molecule has 0 fully saturated rings. The molecule has 0 aromatic heterocycles.